The van der Waals surface area contributed by atoms with Crippen LogP contribution < -0.4 is 0 Å². The van der Waals surface area contributed by atoms with Crippen LogP contribution in [0.1, 0.15) is 11.7 Å². The minimum atomic E-state index is -1.40. The van der Waals surface area contributed by atoms with Gasteiger partial charge in [-0.05, 0) is 12.1 Å². The molecule has 2 N–H and O–H groups in total. The van der Waals surface area contributed by atoms with E-state index in [1.807, 2.05) is 0 Å². The number of carbonyl (C=O) groups is 1. The Bertz CT molecular complexity index is 383. The second-order valence-electron chi connectivity index (χ2n) is 2.98. The second kappa shape index (κ2) is 5.93. The molecule has 0 saturated heterocycles. The van der Waals surface area contributed by atoms with E-state index >= 15 is 0 Å². The van der Waals surface area contributed by atoms with Gasteiger partial charge < -0.3 is 14.9 Å². The molecule has 0 amide bonds. The van der Waals surface area contributed by atoms with Crippen LogP contribution in [-0.4, -0.2) is 29.4 Å². The third-order valence-electron chi connectivity index (χ3n) is 1.85. The summed E-state index contributed by atoms with van der Waals surface area (Å²) < 4.78 is 18.8. The molecule has 1 rings (SSSR count). The number of aliphatic hydroxyl groups excluding tert-OH is 1. The molecule has 0 heterocycles. The average molecular weight is 293 g/mol. The van der Waals surface area contributed by atoms with Gasteiger partial charge in [-0.1, -0.05) is 22.0 Å². The topological polar surface area (TPSA) is 66.8 Å². The predicted octanol–water partition coefficient (Wildman–Crippen LogP) is 1.72. The van der Waals surface area contributed by atoms with Crippen LogP contribution in [0.25, 0.3) is 0 Å². The summed E-state index contributed by atoms with van der Waals surface area (Å²) in [5, 5.41) is 17.4. The van der Waals surface area contributed by atoms with Crippen LogP contribution in [-0.2, 0) is 9.53 Å². The van der Waals surface area contributed by atoms with Gasteiger partial charge in [0.05, 0.1) is 13.2 Å². The molecule has 0 fully saturated rings. The molecule has 0 radical (unpaired) electrons. The summed E-state index contributed by atoms with van der Waals surface area (Å²) in [5.41, 5.74) is -0.0656. The minimum absolute atomic E-state index is 0.0656. The highest BCUT2D eigenvalue weighted by molar-refractivity contribution is 9.10. The van der Waals surface area contributed by atoms with Gasteiger partial charge in [0.15, 0.2) is 6.10 Å². The highest BCUT2D eigenvalue weighted by Crippen LogP contribution is 2.23. The Morgan fingerprint density at radius 3 is 2.75 bits per heavy atom. The lowest BCUT2D eigenvalue weighted by molar-refractivity contribution is -0.151. The Hall–Kier alpha value is -0.980. The van der Waals surface area contributed by atoms with E-state index in [4.69, 9.17) is 14.9 Å². The molecular formula is C10H10BrFO4. The molecule has 0 aromatic heterocycles. The predicted molar refractivity (Wildman–Crippen MR) is 57.5 cm³/mol. The van der Waals surface area contributed by atoms with Gasteiger partial charge >= 0.3 is 5.97 Å². The molecule has 0 spiro atoms. The van der Waals surface area contributed by atoms with Crippen molar-refractivity contribution < 1.29 is 24.1 Å². The lowest BCUT2D eigenvalue weighted by Gasteiger charge is -2.14. The van der Waals surface area contributed by atoms with Crippen LogP contribution in [0, 0.1) is 5.82 Å². The van der Waals surface area contributed by atoms with E-state index in [1.54, 1.807) is 0 Å². The van der Waals surface area contributed by atoms with Crippen molar-refractivity contribution in [2.24, 2.45) is 0 Å². The molecule has 4 nitrogen and oxygen atoms in total. The quantitative estimate of drug-likeness (QED) is 0.867. The molecule has 0 aliphatic carbocycles. The van der Waals surface area contributed by atoms with Gasteiger partial charge in [0.25, 0.3) is 0 Å². The molecule has 1 aromatic carbocycles. The fraction of sp³-hybridized carbons (Fsp3) is 0.300. The van der Waals surface area contributed by atoms with Gasteiger partial charge in [0.1, 0.15) is 5.82 Å². The number of carboxylic acid groups (broad SMARTS) is 1. The largest absolute Gasteiger partial charge is 0.479 e. The SMILES string of the molecule is O=C(O)C(OCCO)c1ccc(Br)cc1F. The molecule has 1 atom stereocenters. The summed E-state index contributed by atoms with van der Waals surface area (Å²) in [5.74, 6) is -1.96. The van der Waals surface area contributed by atoms with Crippen LogP contribution in [0.2, 0.25) is 0 Å². The summed E-state index contributed by atoms with van der Waals surface area (Å²) in [6.45, 7) is -0.478. The first kappa shape index (κ1) is 13.1. The van der Waals surface area contributed by atoms with E-state index in [1.165, 1.54) is 12.1 Å². The van der Waals surface area contributed by atoms with Crippen LogP contribution >= 0.6 is 15.9 Å². The molecule has 0 saturated carbocycles. The summed E-state index contributed by atoms with van der Waals surface area (Å²) in [4.78, 5) is 10.9. The Morgan fingerprint density at radius 1 is 1.56 bits per heavy atom. The molecule has 0 bridgehead atoms. The Kier molecular flexibility index (Phi) is 4.85. The number of ether oxygens (including phenoxy) is 1. The molecule has 1 aromatic rings. The van der Waals surface area contributed by atoms with Crippen LogP contribution in [0.3, 0.4) is 0 Å². The summed E-state index contributed by atoms with van der Waals surface area (Å²) in [7, 11) is 0. The Balaban J connectivity index is 2.96. The lowest BCUT2D eigenvalue weighted by Crippen LogP contribution is -2.18. The molecular weight excluding hydrogens is 283 g/mol. The number of benzene rings is 1. The van der Waals surface area contributed by atoms with E-state index in [0.29, 0.717) is 4.47 Å². The van der Waals surface area contributed by atoms with Crippen LogP contribution in [0.15, 0.2) is 22.7 Å². The summed E-state index contributed by atoms with van der Waals surface area (Å²) in [6, 6.07) is 4.01. The fourth-order valence-electron chi connectivity index (χ4n) is 1.18. The van der Waals surface area contributed by atoms with Gasteiger partial charge in [-0.2, -0.15) is 0 Å². The molecule has 88 valence electrons. The van der Waals surface area contributed by atoms with Gasteiger partial charge in [0, 0.05) is 10.0 Å². The molecule has 0 aliphatic heterocycles. The molecule has 6 heteroatoms. The smallest absolute Gasteiger partial charge is 0.337 e. The van der Waals surface area contributed by atoms with Crippen molar-refractivity contribution in [1.29, 1.82) is 0 Å². The highest BCUT2D eigenvalue weighted by Gasteiger charge is 2.23. The van der Waals surface area contributed by atoms with E-state index in [2.05, 4.69) is 15.9 Å². The van der Waals surface area contributed by atoms with Gasteiger partial charge in [0.2, 0.25) is 0 Å². The number of hydrogen-bond acceptors (Lipinski definition) is 3. The maximum Gasteiger partial charge on any atom is 0.337 e. The number of rotatable bonds is 5. The third kappa shape index (κ3) is 3.26. The first-order valence-electron chi connectivity index (χ1n) is 4.46. The first-order chi connectivity index (χ1) is 7.56. The maximum absolute atomic E-state index is 13.5. The zero-order chi connectivity index (χ0) is 12.1. The van der Waals surface area contributed by atoms with Crippen molar-refractivity contribution in [3.05, 3.63) is 34.1 Å². The first-order valence-corrected chi connectivity index (χ1v) is 5.25. The second-order valence-corrected chi connectivity index (χ2v) is 3.89. The number of aliphatic hydroxyl groups is 1. The maximum atomic E-state index is 13.5. The van der Waals surface area contributed by atoms with E-state index in [-0.39, 0.29) is 18.8 Å². The van der Waals surface area contributed by atoms with E-state index < -0.39 is 17.9 Å². The summed E-state index contributed by atoms with van der Waals surface area (Å²) >= 11 is 3.07. The zero-order valence-corrected chi connectivity index (χ0v) is 9.78. The van der Waals surface area contributed by atoms with Crippen molar-refractivity contribution in [1.82, 2.24) is 0 Å². The zero-order valence-electron chi connectivity index (χ0n) is 8.19. The lowest BCUT2D eigenvalue weighted by atomic mass is 10.1. The Morgan fingerprint density at radius 2 is 2.25 bits per heavy atom. The van der Waals surface area contributed by atoms with Crippen molar-refractivity contribution >= 4 is 21.9 Å². The standard InChI is InChI=1S/C10H10BrFO4/c11-6-1-2-7(8(12)5-6)9(10(14)15)16-4-3-13/h1-2,5,9,13H,3-4H2,(H,14,15). The van der Waals surface area contributed by atoms with Gasteiger partial charge in [-0.25, -0.2) is 9.18 Å². The molecule has 0 aliphatic rings. The normalized spacial score (nSPS) is 12.4. The highest BCUT2D eigenvalue weighted by atomic mass is 79.9. The van der Waals surface area contributed by atoms with Gasteiger partial charge in [-0.3, -0.25) is 0 Å². The van der Waals surface area contributed by atoms with Crippen LogP contribution in [0.5, 0.6) is 0 Å². The molecule has 1 unspecified atom stereocenters. The van der Waals surface area contributed by atoms with Crippen molar-refractivity contribution in [2.45, 2.75) is 6.10 Å². The van der Waals surface area contributed by atoms with Crippen molar-refractivity contribution in [3.63, 3.8) is 0 Å². The van der Waals surface area contributed by atoms with E-state index in [9.17, 15) is 9.18 Å². The van der Waals surface area contributed by atoms with Gasteiger partial charge in [-0.15, -0.1) is 0 Å². The minimum Gasteiger partial charge on any atom is -0.479 e. The molecule has 16 heavy (non-hydrogen) atoms. The van der Waals surface area contributed by atoms with Crippen molar-refractivity contribution in [2.75, 3.05) is 13.2 Å². The van der Waals surface area contributed by atoms with Crippen molar-refractivity contribution in [3.8, 4) is 0 Å². The number of hydrogen-bond donors (Lipinski definition) is 2. The number of halogens is 2. The third-order valence-corrected chi connectivity index (χ3v) is 2.34. The van der Waals surface area contributed by atoms with Crippen LogP contribution in [0.4, 0.5) is 4.39 Å². The number of aliphatic carboxylic acids is 1. The van der Waals surface area contributed by atoms with E-state index in [0.717, 1.165) is 6.07 Å². The summed E-state index contributed by atoms with van der Waals surface area (Å²) in [6.07, 6.45) is -1.40. The monoisotopic (exact) mass is 292 g/mol. The Labute approximate surface area is 99.8 Å². The number of carboxylic acids is 1. The fourth-order valence-corrected chi connectivity index (χ4v) is 1.51. The average Bonchev–Trinajstić information content (AvgIpc) is 2.20.